The second-order valence-electron chi connectivity index (χ2n) is 9.35. The van der Waals surface area contributed by atoms with Crippen molar-refractivity contribution >= 4 is 17.4 Å². The summed E-state index contributed by atoms with van der Waals surface area (Å²) < 4.78 is 2.17. The van der Waals surface area contributed by atoms with Crippen LogP contribution in [0.2, 0.25) is 0 Å². The number of nitrogens with one attached hydrogen (secondary N) is 1. The molecule has 1 atom stereocenters. The average molecular weight is 445 g/mol. The second kappa shape index (κ2) is 9.02. The molecule has 6 heteroatoms. The van der Waals surface area contributed by atoms with E-state index in [1.165, 1.54) is 18.5 Å². The van der Waals surface area contributed by atoms with Gasteiger partial charge in [-0.25, -0.2) is 0 Å². The van der Waals surface area contributed by atoms with Gasteiger partial charge in [-0.15, -0.1) is 0 Å². The van der Waals surface area contributed by atoms with Crippen molar-refractivity contribution in [1.82, 2.24) is 14.7 Å². The van der Waals surface area contributed by atoms with E-state index in [-0.39, 0.29) is 5.91 Å². The molecule has 0 bridgehead atoms. The largest absolute Gasteiger partial charge is 0.388 e. The molecule has 1 amide bonds. The third-order valence-corrected chi connectivity index (χ3v) is 6.82. The van der Waals surface area contributed by atoms with E-state index in [0.29, 0.717) is 13.0 Å². The number of nitrogens with zero attached hydrogens (tertiary/aromatic N) is 3. The van der Waals surface area contributed by atoms with E-state index < -0.39 is 6.10 Å². The normalized spacial score (nSPS) is 16.4. The Balaban J connectivity index is 1.44. The van der Waals surface area contributed by atoms with Gasteiger partial charge < -0.3 is 15.3 Å². The molecule has 0 saturated heterocycles. The topological polar surface area (TPSA) is 70.4 Å². The van der Waals surface area contributed by atoms with E-state index in [1.54, 1.807) is 6.92 Å². The van der Waals surface area contributed by atoms with Crippen molar-refractivity contribution < 1.29 is 9.90 Å². The Bertz CT molecular complexity index is 1160. The third-order valence-electron chi connectivity index (χ3n) is 6.82. The lowest BCUT2D eigenvalue weighted by Crippen LogP contribution is -2.34. The molecular formula is C27H32N4O2. The molecule has 1 fully saturated rings. The van der Waals surface area contributed by atoms with E-state index in [9.17, 15) is 9.90 Å². The van der Waals surface area contributed by atoms with Crippen molar-refractivity contribution in [3.63, 3.8) is 0 Å². The molecule has 0 spiro atoms. The first-order valence-electron chi connectivity index (χ1n) is 12.0. The SMILES string of the molecule is CCC(O)c1cccc(-c2cccc(Nc3nn(CC4CC4)c4c3CN(C(C)=O)CC4)c2)c1. The number of carbonyl (C=O) groups excluding carboxylic acids is 1. The number of rotatable bonds is 7. The van der Waals surface area contributed by atoms with Gasteiger partial charge in [0.1, 0.15) is 0 Å². The fourth-order valence-corrected chi connectivity index (χ4v) is 4.63. The molecule has 3 aromatic rings. The van der Waals surface area contributed by atoms with Gasteiger partial charge in [-0.2, -0.15) is 5.10 Å². The first-order chi connectivity index (χ1) is 16.0. The molecule has 0 radical (unpaired) electrons. The lowest BCUT2D eigenvalue weighted by atomic mass is 9.99. The van der Waals surface area contributed by atoms with Crippen molar-refractivity contribution in [2.75, 3.05) is 11.9 Å². The Morgan fingerprint density at radius 1 is 1.18 bits per heavy atom. The van der Waals surface area contributed by atoms with Gasteiger partial charge in [-0.05, 0) is 60.1 Å². The van der Waals surface area contributed by atoms with Crippen molar-refractivity contribution in [2.24, 2.45) is 5.92 Å². The highest BCUT2D eigenvalue weighted by Gasteiger charge is 2.29. The maximum Gasteiger partial charge on any atom is 0.219 e. The maximum absolute atomic E-state index is 12.0. The number of hydrogen-bond acceptors (Lipinski definition) is 4. The summed E-state index contributed by atoms with van der Waals surface area (Å²) in [5.41, 5.74) is 6.46. The fourth-order valence-electron chi connectivity index (χ4n) is 4.63. The summed E-state index contributed by atoms with van der Waals surface area (Å²) in [6, 6.07) is 16.4. The number of fused-ring (bicyclic) bond motifs is 1. The minimum absolute atomic E-state index is 0.109. The summed E-state index contributed by atoms with van der Waals surface area (Å²) in [6.07, 6.45) is 3.66. The minimum atomic E-state index is -0.447. The molecule has 1 aliphatic carbocycles. The van der Waals surface area contributed by atoms with Crippen molar-refractivity contribution in [3.05, 3.63) is 65.4 Å². The number of amides is 1. The van der Waals surface area contributed by atoms with E-state index in [4.69, 9.17) is 5.10 Å². The summed E-state index contributed by atoms with van der Waals surface area (Å²) >= 11 is 0. The highest BCUT2D eigenvalue weighted by molar-refractivity contribution is 5.75. The zero-order chi connectivity index (χ0) is 22.9. The van der Waals surface area contributed by atoms with Crippen molar-refractivity contribution in [3.8, 4) is 11.1 Å². The number of carbonyl (C=O) groups is 1. The molecule has 2 aliphatic rings. The Morgan fingerprint density at radius 3 is 2.67 bits per heavy atom. The van der Waals surface area contributed by atoms with Crippen LogP contribution >= 0.6 is 0 Å². The monoisotopic (exact) mass is 444 g/mol. The van der Waals surface area contributed by atoms with Crippen molar-refractivity contribution in [1.29, 1.82) is 0 Å². The van der Waals surface area contributed by atoms with Gasteiger partial charge >= 0.3 is 0 Å². The maximum atomic E-state index is 12.0. The van der Waals surface area contributed by atoms with Gasteiger partial charge in [0, 0.05) is 43.4 Å². The summed E-state index contributed by atoms with van der Waals surface area (Å²) in [7, 11) is 0. The molecule has 1 saturated carbocycles. The van der Waals surface area contributed by atoms with Crippen LogP contribution in [0.3, 0.4) is 0 Å². The zero-order valence-corrected chi connectivity index (χ0v) is 19.4. The predicted octanol–water partition coefficient (Wildman–Crippen LogP) is 5.05. The number of aliphatic hydroxyl groups is 1. The molecular weight excluding hydrogens is 412 g/mol. The van der Waals surface area contributed by atoms with Crippen LogP contribution < -0.4 is 5.32 Å². The summed E-state index contributed by atoms with van der Waals surface area (Å²) in [5, 5.41) is 18.7. The van der Waals surface area contributed by atoms with Gasteiger partial charge in [0.2, 0.25) is 5.91 Å². The third kappa shape index (κ3) is 4.67. The number of aliphatic hydroxyl groups excluding tert-OH is 1. The number of aromatic nitrogens is 2. The zero-order valence-electron chi connectivity index (χ0n) is 19.4. The average Bonchev–Trinajstić information content (AvgIpc) is 3.60. The summed E-state index contributed by atoms with van der Waals surface area (Å²) in [5.74, 6) is 1.70. The van der Waals surface area contributed by atoms with Crippen LogP contribution in [0.1, 0.15) is 56.0 Å². The number of anilines is 2. The second-order valence-corrected chi connectivity index (χ2v) is 9.35. The van der Waals surface area contributed by atoms with Gasteiger partial charge in [-0.1, -0.05) is 37.3 Å². The van der Waals surface area contributed by atoms with Gasteiger partial charge in [0.05, 0.1) is 12.6 Å². The molecule has 5 rings (SSSR count). The summed E-state index contributed by atoms with van der Waals surface area (Å²) in [4.78, 5) is 13.9. The summed E-state index contributed by atoms with van der Waals surface area (Å²) in [6.45, 7) is 5.95. The lowest BCUT2D eigenvalue weighted by Gasteiger charge is -2.26. The Hall–Kier alpha value is -3.12. The van der Waals surface area contributed by atoms with Gasteiger partial charge in [0.15, 0.2) is 5.82 Å². The molecule has 1 aliphatic heterocycles. The van der Waals surface area contributed by atoms with Crippen LogP contribution in [0.25, 0.3) is 11.1 Å². The quantitative estimate of drug-likeness (QED) is 0.535. The molecule has 2 N–H and O–H groups in total. The van der Waals surface area contributed by atoms with Crippen LogP contribution in [0.5, 0.6) is 0 Å². The smallest absolute Gasteiger partial charge is 0.219 e. The van der Waals surface area contributed by atoms with Crippen LogP contribution in [-0.4, -0.2) is 32.2 Å². The molecule has 6 nitrogen and oxygen atoms in total. The van der Waals surface area contributed by atoms with Crippen LogP contribution in [-0.2, 0) is 24.3 Å². The Labute approximate surface area is 195 Å². The standard InChI is InChI=1S/C27H32N4O2/c1-3-26(33)22-8-4-6-20(14-22)21-7-5-9-23(15-21)28-27-24-17-30(18(2)32)13-12-25(24)31(29-27)16-19-10-11-19/h4-9,14-15,19,26,33H,3,10-13,16-17H2,1-2H3,(H,28,29). The van der Waals surface area contributed by atoms with E-state index in [2.05, 4.69) is 34.3 Å². The van der Waals surface area contributed by atoms with Gasteiger partial charge in [0.25, 0.3) is 0 Å². The van der Waals surface area contributed by atoms with Crippen LogP contribution in [0.15, 0.2) is 48.5 Å². The van der Waals surface area contributed by atoms with Gasteiger partial charge in [-0.3, -0.25) is 9.48 Å². The van der Waals surface area contributed by atoms with E-state index in [0.717, 1.165) is 59.2 Å². The van der Waals surface area contributed by atoms with Crippen LogP contribution in [0.4, 0.5) is 11.5 Å². The minimum Gasteiger partial charge on any atom is -0.388 e. The van der Waals surface area contributed by atoms with E-state index in [1.807, 2.05) is 36.1 Å². The fraction of sp³-hybridized carbons (Fsp3) is 0.407. The number of hydrogen-bond donors (Lipinski definition) is 2. The molecule has 1 aromatic heterocycles. The molecule has 1 unspecified atom stereocenters. The predicted molar refractivity (Wildman–Crippen MR) is 130 cm³/mol. The Morgan fingerprint density at radius 2 is 1.94 bits per heavy atom. The highest BCUT2D eigenvalue weighted by atomic mass is 16.3. The first-order valence-corrected chi connectivity index (χ1v) is 12.0. The lowest BCUT2D eigenvalue weighted by molar-refractivity contribution is -0.129. The molecule has 2 aromatic carbocycles. The Kier molecular flexibility index (Phi) is 5.94. The molecule has 2 heterocycles. The number of benzene rings is 2. The first kappa shape index (κ1) is 21.7. The highest BCUT2D eigenvalue weighted by Crippen LogP contribution is 2.35. The van der Waals surface area contributed by atoms with E-state index >= 15 is 0 Å². The van der Waals surface area contributed by atoms with Crippen molar-refractivity contribution in [2.45, 2.75) is 58.7 Å². The molecule has 33 heavy (non-hydrogen) atoms. The van der Waals surface area contributed by atoms with Crippen LogP contribution in [0, 0.1) is 5.92 Å². The molecule has 172 valence electrons.